The van der Waals surface area contributed by atoms with E-state index in [-0.39, 0.29) is 18.6 Å². The molecule has 0 unspecified atom stereocenters. The van der Waals surface area contributed by atoms with Gasteiger partial charge in [0, 0.05) is 17.1 Å². The van der Waals surface area contributed by atoms with Crippen LogP contribution in [0.5, 0.6) is 5.75 Å². The van der Waals surface area contributed by atoms with Crippen LogP contribution in [0.4, 0.5) is 5.69 Å². The number of thioether (sulfide) groups is 1. The second kappa shape index (κ2) is 10.8. The highest BCUT2D eigenvalue weighted by atomic mass is 32.2. The van der Waals surface area contributed by atoms with E-state index in [1.807, 2.05) is 42.1 Å². The van der Waals surface area contributed by atoms with Crippen molar-refractivity contribution in [1.82, 2.24) is 5.43 Å². The van der Waals surface area contributed by atoms with E-state index in [1.165, 1.54) is 10.6 Å². The van der Waals surface area contributed by atoms with Gasteiger partial charge in [0.25, 0.3) is 5.91 Å². The normalized spacial score (nSPS) is 13.9. The van der Waals surface area contributed by atoms with Crippen LogP contribution in [0, 0.1) is 0 Å². The number of hydrogen-bond donors (Lipinski definition) is 1. The number of rotatable bonds is 9. The minimum Gasteiger partial charge on any atom is -0.489 e. The molecule has 0 radical (unpaired) electrons. The number of amides is 1. The Kier molecular flexibility index (Phi) is 7.54. The summed E-state index contributed by atoms with van der Waals surface area (Å²) in [6, 6.07) is 23.2. The summed E-state index contributed by atoms with van der Waals surface area (Å²) in [5.41, 5.74) is 5.11. The Labute approximate surface area is 203 Å². The summed E-state index contributed by atoms with van der Waals surface area (Å²) in [7, 11) is -3.46. The highest BCUT2D eigenvalue weighted by molar-refractivity contribution is 8.00. The lowest BCUT2D eigenvalue weighted by molar-refractivity contribution is 0.0955. The minimum atomic E-state index is -3.46. The SMILES string of the molecule is CS(=O)(=O)N(Cc1ccc(C(=O)N/N=C\c2cccc(OC3CSC3)c2)cc1)c1ccccc1. The van der Waals surface area contributed by atoms with E-state index in [2.05, 4.69) is 10.5 Å². The fraction of sp³-hybridized carbons (Fsp3) is 0.200. The third kappa shape index (κ3) is 6.39. The maximum Gasteiger partial charge on any atom is 0.271 e. The van der Waals surface area contributed by atoms with Crippen molar-refractivity contribution in [3.05, 3.63) is 95.6 Å². The van der Waals surface area contributed by atoms with Gasteiger partial charge < -0.3 is 4.74 Å². The highest BCUT2D eigenvalue weighted by Gasteiger charge is 2.20. The summed E-state index contributed by atoms with van der Waals surface area (Å²) in [4.78, 5) is 12.4. The third-order valence-electron chi connectivity index (χ3n) is 5.13. The first kappa shape index (κ1) is 23.8. The van der Waals surface area contributed by atoms with Crippen LogP contribution in [0.15, 0.2) is 84.0 Å². The van der Waals surface area contributed by atoms with Crippen LogP contribution in [0.3, 0.4) is 0 Å². The number of anilines is 1. The van der Waals surface area contributed by atoms with Crippen molar-refractivity contribution >= 4 is 39.6 Å². The molecule has 1 N–H and O–H groups in total. The maximum atomic E-state index is 12.4. The zero-order valence-electron chi connectivity index (χ0n) is 18.6. The molecule has 1 amide bonds. The Morgan fingerprint density at radius 1 is 1.09 bits per heavy atom. The summed E-state index contributed by atoms with van der Waals surface area (Å²) in [6.45, 7) is 0.168. The number of para-hydroxylation sites is 1. The van der Waals surface area contributed by atoms with Crippen LogP contribution in [0.1, 0.15) is 21.5 Å². The number of nitrogens with one attached hydrogen (secondary N) is 1. The predicted octanol–water partition coefficient (Wildman–Crippen LogP) is 3.91. The molecule has 1 aliphatic rings. The number of sulfonamides is 1. The molecule has 1 saturated heterocycles. The van der Waals surface area contributed by atoms with Crippen LogP contribution < -0.4 is 14.5 Å². The lowest BCUT2D eigenvalue weighted by Crippen LogP contribution is -2.31. The van der Waals surface area contributed by atoms with Crippen LogP contribution in [0.25, 0.3) is 0 Å². The van der Waals surface area contributed by atoms with Crippen molar-refractivity contribution in [2.45, 2.75) is 12.6 Å². The van der Waals surface area contributed by atoms with E-state index in [9.17, 15) is 13.2 Å². The summed E-state index contributed by atoms with van der Waals surface area (Å²) in [5, 5.41) is 4.04. The van der Waals surface area contributed by atoms with E-state index >= 15 is 0 Å². The molecule has 1 aliphatic heterocycles. The molecule has 0 saturated carbocycles. The van der Waals surface area contributed by atoms with Crippen LogP contribution in [0.2, 0.25) is 0 Å². The maximum absolute atomic E-state index is 12.4. The van der Waals surface area contributed by atoms with Crippen molar-refractivity contribution in [2.75, 3.05) is 22.1 Å². The second-order valence-corrected chi connectivity index (χ2v) is 10.8. The second-order valence-electron chi connectivity index (χ2n) is 7.85. The van der Waals surface area contributed by atoms with E-state index < -0.39 is 10.0 Å². The summed E-state index contributed by atoms with van der Waals surface area (Å²) in [6.07, 6.45) is 3.00. The van der Waals surface area contributed by atoms with Gasteiger partial charge in [0.1, 0.15) is 11.9 Å². The van der Waals surface area contributed by atoms with Gasteiger partial charge >= 0.3 is 0 Å². The van der Waals surface area contributed by atoms with E-state index in [1.54, 1.807) is 54.7 Å². The van der Waals surface area contributed by atoms with Gasteiger partial charge in [-0.05, 0) is 47.5 Å². The molecule has 176 valence electrons. The minimum absolute atomic E-state index is 0.168. The third-order valence-corrected chi connectivity index (χ3v) is 7.49. The molecule has 7 nitrogen and oxygen atoms in total. The molecule has 0 aliphatic carbocycles. The van der Waals surface area contributed by atoms with E-state index in [0.29, 0.717) is 11.3 Å². The van der Waals surface area contributed by atoms with Crippen molar-refractivity contribution in [2.24, 2.45) is 5.10 Å². The Hall–Kier alpha value is -3.30. The van der Waals surface area contributed by atoms with Gasteiger partial charge in [0.2, 0.25) is 10.0 Å². The van der Waals surface area contributed by atoms with Crippen molar-refractivity contribution < 1.29 is 17.9 Å². The Morgan fingerprint density at radius 2 is 1.82 bits per heavy atom. The summed E-state index contributed by atoms with van der Waals surface area (Å²) < 4.78 is 31.7. The first-order valence-electron chi connectivity index (χ1n) is 10.7. The van der Waals surface area contributed by atoms with Crippen molar-refractivity contribution in [3.8, 4) is 5.75 Å². The lowest BCUT2D eigenvalue weighted by atomic mass is 10.1. The zero-order valence-corrected chi connectivity index (χ0v) is 20.3. The largest absolute Gasteiger partial charge is 0.489 e. The zero-order chi connectivity index (χ0) is 24.0. The molecular formula is C25H25N3O4S2. The lowest BCUT2D eigenvalue weighted by Gasteiger charge is -2.25. The van der Waals surface area contributed by atoms with Gasteiger partial charge in [-0.2, -0.15) is 16.9 Å². The molecule has 3 aromatic rings. The van der Waals surface area contributed by atoms with Crippen LogP contribution >= 0.6 is 11.8 Å². The molecule has 0 atom stereocenters. The smallest absolute Gasteiger partial charge is 0.271 e. The molecule has 1 heterocycles. The standard InChI is InChI=1S/C25H25N3O4S2/c1-34(30,31)28(22-7-3-2-4-8-22)16-19-10-12-21(13-11-19)25(29)27-26-15-20-6-5-9-23(14-20)32-24-17-33-18-24/h2-15,24H,16-18H2,1H3,(H,27,29)/b26-15-. The van der Waals surface area contributed by atoms with Gasteiger partial charge in [0.15, 0.2) is 0 Å². The average Bonchev–Trinajstić information content (AvgIpc) is 2.80. The highest BCUT2D eigenvalue weighted by Crippen LogP contribution is 2.24. The summed E-state index contributed by atoms with van der Waals surface area (Å²) in [5.74, 6) is 2.44. The van der Waals surface area contributed by atoms with Gasteiger partial charge in [-0.15, -0.1) is 0 Å². The molecule has 9 heteroatoms. The van der Waals surface area contributed by atoms with E-state index in [4.69, 9.17) is 4.74 Å². The quantitative estimate of drug-likeness (QED) is 0.359. The van der Waals surface area contributed by atoms with Crippen molar-refractivity contribution in [1.29, 1.82) is 0 Å². The molecule has 0 spiro atoms. The number of hydrogen-bond acceptors (Lipinski definition) is 6. The number of carbonyl (C=O) groups is 1. The molecule has 4 rings (SSSR count). The summed E-state index contributed by atoms with van der Waals surface area (Å²) >= 11 is 1.86. The molecule has 3 aromatic carbocycles. The number of benzene rings is 3. The first-order valence-corrected chi connectivity index (χ1v) is 13.7. The monoisotopic (exact) mass is 495 g/mol. The number of nitrogens with zero attached hydrogens (tertiary/aromatic N) is 2. The first-order chi connectivity index (χ1) is 16.4. The predicted molar refractivity (Wildman–Crippen MR) is 137 cm³/mol. The van der Waals surface area contributed by atoms with Gasteiger partial charge in [-0.25, -0.2) is 13.8 Å². The Bertz CT molecular complexity index is 1260. The van der Waals surface area contributed by atoms with Gasteiger partial charge in [-0.3, -0.25) is 9.10 Å². The molecule has 0 aromatic heterocycles. The number of ether oxygens (including phenoxy) is 1. The number of hydrazone groups is 1. The van der Waals surface area contributed by atoms with Crippen LogP contribution in [-0.4, -0.2) is 44.4 Å². The molecule has 34 heavy (non-hydrogen) atoms. The fourth-order valence-corrected chi connectivity index (χ4v) is 4.75. The van der Waals surface area contributed by atoms with Crippen molar-refractivity contribution in [3.63, 3.8) is 0 Å². The van der Waals surface area contributed by atoms with Gasteiger partial charge in [-0.1, -0.05) is 42.5 Å². The van der Waals surface area contributed by atoms with E-state index in [0.717, 1.165) is 28.4 Å². The molecular weight excluding hydrogens is 470 g/mol. The number of carbonyl (C=O) groups excluding carboxylic acids is 1. The molecule has 0 bridgehead atoms. The average molecular weight is 496 g/mol. The van der Waals surface area contributed by atoms with Gasteiger partial charge in [0.05, 0.1) is 24.7 Å². The Morgan fingerprint density at radius 3 is 2.47 bits per heavy atom. The topological polar surface area (TPSA) is 88.1 Å². The fourth-order valence-electron chi connectivity index (χ4n) is 3.29. The van der Waals surface area contributed by atoms with Crippen LogP contribution in [-0.2, 0) is 16.6 Å². The Balaban J connectivity index is 1.36. The molecule has 1 fully saturated rings.